The molecule has 1 aliphatic heterocycles. The molecule has 1 aromatic carbocycles. The average molecular weight is 289 g/mol. The van der Waals surface area contributed by atoms with E-state index in [4.69, 9.17) is 4.74 Å². The number of piperidine rings is 1. The lowest BCUT2D eigenvalue weighted by Crippen LogP contribution is -2.58. The number of ether oxygens (including phenoxy) is 1. The van der Waals surface area contributed by atoms with Gasteiger partial charge < -0.3 is 10.1 Å². The van der Waals surface area contributed by atoms with E-state index in [1.54, 1.807) is 24.3 Å². The minimum Gasteiger partial charge on any atom is -0.357 e. The van der Waals surface area contributed by atoms with Gasteiger partial charge in [-0.1, -0.05) is 50.1 Å². The van der Waals surface area contributed by atoms with E-state index < -0.39 is 5.60 Å². The van der Waals surface area contributed by atoms with Crippen LogP contribution in [-0.4, -0.2) is 30.4 Å². The number of rotatable bonds is 7. The number of unbranched alkanes of at least 4 members (excludes halogenated alkanes) is 2. The second kappa shape index (κ2) is 7.36. The third-order valence-electron chi connectivity index (χ3n) is 3.86. The fourth-order valence-corrected chi connectivity index (χ4v) is 2.64. The number of hydrogen-bond donors (Lipinski definition) is 1. The molecule has 1 unspecified atom stereocenters. The number of benzene rings is 1. The fourth-order valence-electron chi connectivity index (χ4n) is 2.64. The summed E-state index contributed by atoms with van der Waals surface area (Å²) in [6, 6.07) is 8.94. The standard InChI is InChI=1S/C17H23NO3/c1-2-3-7-13-21-17(11-8-12-18-16(17)20)15(19)14-9-5-4-6-10-14/h4-6,9-10H,2-3,7-8,11-13H2,1H3,(H,18,20). The van der Waals surface area contributed by atoms with E-state index in [0.29, 0.717) is 25.1 Å². The molecule has 21 heavy (non-hydrogen) atoms. The summed E-state index contributed by atoms with van der Waals surface area (Å²) in [6.07, 6.45) is 4.21. The normalized spacial score (nSPS) is 21.9. The van der Waals surface area contributed by atoms with Crippen molar-refractivity contribution in [1.29, 1.82) is 0 Å². The van der Waals surface area contributed by atoms with Crippen molar-refractivity contribution in [3.8, 4) is 0 Å². The summed E-state index contributed by atoms with van der Waals surface area (Å²) in [7, 11) is 0. The number of nitrogens with one attached hydrogen (secondary N) is 1. The van der Waals surface area contributed by atoms with Gasteiger partial charge in [0.2, 0.25) is 11.4 Å². The minimum absolute atomic E-state index is 0.225. The van der Waals surface area contributed by atoms with Gasteiger partial charge in [-0.15, -0.1) is 0 Å². The first-order valence-electron chi connectivity index (χ1n) is 7.73. The second-order valence-electron chi connectivity index (χ2n) is 5.44. The largest absolute Gasteiger partial charge is 0.357 e. The molecule has 1 N–H and O–H groups in total. The fraction of sp³-hybridized carbons (Fsp3) is 0.529. The lowest BCUT2D eigenvalue weighted by atomic mass is 9.85. The van der Waals surface area contributed by atoms with E-state index in [2.05, 4.69) is 12.2 Å². The van der Waals surface area contributed by atoms with Crippen LogP contribution < -0.4 is 5.32 Å². The third-order valence-corrected chi connectivity index (χ3v) is 3.86. The van der Waals surface area contributed by atoms with Crippen molar-refractivity contribution in [2.24, 2.45) is 0 Å². The van der Waals surface area contributed by atoms with Crippen LogP contribution in [0.2, 0.25) is 0 Å². The Hall–Kier alpha value is -1.68. The molecule has 1 fully saturated rings. The highest BCUT2D eigenvalue weighted by Crippen LogP contribution is 2.27. The van der Waals surface area contributed by atoms with Gasteiger partial charge >= 0.3 is 0 Å². The SMILES string of the molecule is CCCCCOC1(C(=O)c2ccccc2)CCCNC1=O. The van der Waals surface area contributed by atoms with Crippen molar-refractivity contribution in [1.82, 2.24) is 5.32 Å². The summed E-state index contributed by atoms with van der Waals surface area (Å²) in [5.41, 5.74) is -0.807. The van der Waals surface area contributed by atoms with Crippen LogP contribution in [0.1, 0.15) is 49.4 Å². The molecule has 1 aromatic rings. The Labute approximate surface area is 125 Å². The predicted molar refractivity (Wildman–Crippen MR) is 81.2 cm³/mol. The Balaban J connectivity index is 2.19. The highest BCUT2D eigenvalue weighted by Gasteiger charge is 2.48. The van der Waals surface area contributed by atoms with Crippen molar-refractivity contribution >= 4 is 11.7 Å². The van der Waals surface area contributed by atoms with Gasteiger partial charge in [-0.3, -0.25) is 9.59 Å². The molecule has 0 radical (unpaired) electrons. The van der Waals surface area contributed by atoms with E-state index in [-0.39, 0.29) is 11.7 Å². The van der Waals surface area contributed by atoms with E-state index >= 15 is 0 Å². The van der Waals surface area contributed by atoms with Crippen LogP contribution in [0.3, 0.4) is 0 Å². The summed E-state index contributed by atoms with van der Waals surface area (Å²) < 4.78 is 5.84. The van der Waals surface area contributed by atoms with Crippen LogP contribution in [-0.2, 0) is 9.53 Å². The number of ketones is 1. The molecule has 1 amide bonds. The van der Waals surface area contributed by atoms with E-state index in [1.807, 2.05) is 6.07 Å². The summed E-state index contributed by atoms with van der Waals surface area (Å²) >= 11 is 0. The van der Waals surface area contributed by atoms with Crippen molar-refractivity contribution in [3.05, 3.63) is 35.9 Å². The highest BCUT2D eigenvalue weighted by atomic mass is 16.5. The van der Waals surface area contributed by atoms with Crippen molar-refractivity contribution in [2.45, 2.75) is 44.6 Å². The van der Waals surface area contributed by atoms with Crippen molar-refractivity contribution in [3.63, 3.8) is 0 Å². The van der Waals surface area contributed by atoms with E-state index in [1.165, 1.54) is 0 Å². The molecule has 1 aliphatic rings. The average Bonchev–Trinajstić information content (AvgIpc) is 2.53. The number of amides is 1. The lowest BCUT2D eigenvalue weighted by Gasteiger charge is -2.34. The van der Waals surface area contributed by atoms with Gasteiger partial charge in [0.15, 0.2) is 0 Å². The molecule has 0 aliphatic carbocycles. The molecular weight excluding hydrogens is 266 g/mol. The van der Waals surface area contributed by atoms with E-state index in [0.717, 1.165) is 25.7 Å². The van der Waals surface area contributed by atoms with Crippen LogP contribution in [0.15, 0.2) is 30.3 Å². The van der Waals surface area contributed by atoms with Gasteiger partial charge in [0.1, 0.15) is 0 Å². The summed E-state index contributed by atoms with van der Waals surface area (Å²) in [4.78, 5) is 25.1. The molecule has 4 heteroatoms. The number of carbonyl (C=O) groups is 2. The first-order chi connectivity index (χ1) is 10.2. The molecule has 1 saturated heterocycles. The van der Waals surface area contributed by atoms with Crippen LogP contribution in [0.25, 0.3) is 0 Å². The smallest absolute Gasteiger partial charge is 0.260 e. The molecule has 4 nitrogen and oxygen atoms in total. The molecular formula is C17H23NO3. The zero-order chi connectivity index (χ0) is 15.1. The molecule has 0 spiro atoms. The Morgan fingerprint density at radius 3 is 2.71 bits per heavy atom. The van der Waals surface area contributed by atoms with Gasteiger partial charge in [0, 0.05) is 18.7 Å². The van der Waals surface area contributed by atoms with Gasteiger partial charge in [-0.2, -0.15) is 0 Å². The third kappa shape index (κ3) is 3.50. The maximum Gasteiger partial charge on any atom is 0.260 e. The first-order valence-corrected chi connectivity index (χ1v) is 7.73. The van der Waals surface area contributed by atoms with Gasteiger partial charge in [-0.25, -0.2) is 0 Å². The second-order valence-corrected chi connectivity index (χ2v) is 5.44. The zero-order valence-electron chi connectivity index (χ0n) is 12.6. The molecule has 0 saturated carbocycles. The maximum absolute atomic E-state index is 12.8. The lowest BCUT2D eigenvalue weighted by molar-refractivity contribution is -0.144. The summed E-state index contributed by atoms with van der Waals surface area (Å²) in [6.45, 7) is 3.17. The molecule has 114 valence electrons. The Kier molecular flexibility index (Phi) is 5.51. The Bertz CT molecular complexity index is 486. The topological polar surface area (TPSA) is 55.4 Å². The first kappa shape index (κ1) is 15.7. The number of hydrogen-bond acceptors (Lipinski definition) is 3. The van der Waals surface area contributed by atoms with Crippen LogP contribution >= 0.6 is 0 Å². The number of carbonyl (C=O) groups excluding carboxylic acids is 2. The molecule has 1 heterocycles. The summed E-state index contributed by atoms with van der Waals surface area (Å²) in [5, 5.41) is 2.78. The monoisotopic (exact) mass is 289 g/mol. The zero-order valence-corrected chi connectivity index (χ0v) is 12.6. The highest BCUT2D eigenvalue weighted by molar-refractivity contribution is 6.17. The molecule has 0 bridgehead atoms. The van der Waals surface area contributed by atoms with Crippen LogP contribution in [0, 0.1) is 0 Å². The molecule has 2 rings (SSSR count). The summed E-state index contributed by atoms with van der Waals surface area (Å²) in [5.74, 6) is -0.518. The Morgan fingerprint density at radius 1 is 1.29 bits per heavy atom. The van der Waals surface area contributed by atoms with Crippen LogP contribution in [0.4, 0.5) is 0 Å². The van der Waals surface area contributed by atoms with Gasteiger partial charge in [0.25, 0.3) is 5.91 Å². The van der Waals surface area contributed by atoms with Crippen molar-refractivity contribution in [2.75, 3.05) is 13.2 Å². The minimum atomic E-state index is -1.34. The van der Waals surface area contributed by atoms with E-state index in [9.17, 15) is 9.59 Å². The molecule has 1 atom stereocenters. The quantitative estimate of drug-likeness (QED) is 0.477. The maximum atomic E-state index is 12.8. The van der Waals surface area contributed by atoms with Crippen LogP contribution in [0.5, 0.6) is 0 Å². The van der Waals surface area contributed by atoms with Gasteiger partial charge in [0.05, 0.1) is 0 Å². The predicted octanol–water partition coefficient (Wildman–Crippen LogP) is 2.72. The van der Waals surface area contributed by atoms with Crippen molar-refractivity contribution < 1.29 is 14.3 Å². The number of Topliss-reactive ketones (excluding diaryl/α,β-unsaturated/α-hetero) is 1. The Morgan fingerprint density at radius 2 is 2.05 bits per heavy atom. The molecule has 0 aromatic heterocycles. The van der Waals surface area contributed by atoms with Gasteiger partial charge in [-0.05, 0) is 19.3 Å².